The topological polar surface area (TPSA) is 49.4 Å². The van der Waals surface area contributed by atoms with Gasteiger partial charge in [0.25, 0.3) is 5.91 Å². The van der Waals surface area contributed by atoms with Crippen molar-refractivity contribution in [1.82, 2.24) is 10.2 Å². The van der Waals surface area contributed by atoms with E-state index in [1.807, 2.05) is 54.3 Å². The summed E-state index contributed by atoms with van der Waals surface area (Å²) in [5.41, 5.74) is 3.82. The molecule has 0 atom stereocenters. The summed E-state index contributed by atoms with van der Waals surface area (Å²) in [5, 5.41) is 2.97. The maximum atomic E-state index is 12.3. The summed E-state index contributed by atoms with van der Waals surface area (Å²) in [7, 11) is 0. The van der Waals surface area contributed by atoms with Crippen molar-refractivity contribution in [3.8, 4) is 0 Å². The fourth-order valence-electron chi connectivity index (χ4n) is 3.03. The lowest BCUT2D eigenvalue weighted by atomic mass is 10.1. The summed E-state index contributed by atoms with van der Waals surface area (Å²) in [5.74, 6) is 0.168. The molecule has 0 unspecified atom stereocenters. The van der Waals surface area contributed by atoms with Crippen molar-refractivity contribution in [2.45, 2.75) is 32.9 Å². The van der Waals surface area contributed by atoms with Gasteiger partial charge in [-0.3, -0.25) is 9.59 Å². The van der Waals surface area contributed by atoms with E-state index in [-0.39, 0.29) is 11.8 Å². The molecule has 2 aromatic carbocycles. The lowest BCUT2D eigenvalue weighted by Crippen LogP contribution is -2.25. The van der Waals surface area contributed by atoms with Crippen LogP contribution >= 0.6 is 0 Å². The fraction of sp³-hybridized carbons (Fsp3) is 0.300. The largest absolute Gasteiger partial charge is 0.348 e. The van der Waals surface area contributed by atoms with Crippen LogP contribution in [0.2, 0.25) is 0 Å². The lowest BCUT2D eigenvalue weighted by molar-refractivity contribution is -0.128. The van der Waals surface area contributed by atoms with Gasteiger partial charge in [-0.15, -0.1) is 0 Å². The molecule has 1 aliphatic rings. The van der Waals surface area contributed by atoms with Crippen LogP contribution in [0, 0.1) is 6.92 Å². The minimum absolute atomic E-state index is 0.0618. The van der Waals surface area contributed by atoms with E-state index in [0.717, 1.165) is 29.7 Å². The zero-order valence-electron chi connectivity index (χ0n) is 13.9. The third-order valence-corrected chi connectivity index (χ3v) is 4.38. The Hall–Kier alpha value is -2.62. The molecule has 0 saturated carbocycles. The molecule has 124 valence electrons. The van der Waals surface area contributed by atoms with Crippen molar-refractivity contribution < 1.29 is 9.59 Å². The molecule has 3 rings (SSSR count). The lowest BCUT2D eigenvalue weighted by Gasteiger charge is -2.16. The smallest absolute Gasteiger partial charge is 0.251 e. The quantitative estimate of drug-likeness (QED) is 0.920. The van der Waals surface area contributed by atoms with Crippen LogP contribution in [0.4, 0.5) is 0 Å². The Morgan fingerprint density at radius 1 is 1.12 bits per heavy atom. The van der Waals surface area contributed by atoms with E-state index < -0.39 is 0 Å². The molecule has 0 spiro atoms. The second-order valence-electron chi connectivity index (χ2n) is 6.24. The third kappa shape index (κ3) is 3.82. The van der Waals surface area contributed by atoms with Crippen LogP contribution in [0.3, 0.4) is 0 Å². The van der Waals surface area contributed by atoms with Gasteiger partial charge in [-0.2, -0.15) is 0 Å². The van der Waals surface area contributed by atoms with Crippen LogP contribution in [0.1, 0.15) is 39.9 Å². The number of rotatable bonds is 5. The van der Waals surface area contributed by atoms with E-state index in [1.54, 1.807) is 0 Å². The number of hydrogen-bond donors (Lipinski definition) is 1. The van der Waals surface area contributed by atoms with Gasteiger partial charge in [0, 0.05) is 31.6 Å². The molecule has 4 heteroatoms. The van der Waals surface area contributed by atoms with Gasteiger partial charge in [0.05, 0.1) is 0 Å². The molecule has 4 nitrogen and oxygen atoms in total. The second-order valence-corrected chi connectivity index (χ2v) is 6.24. The molecule has 0 aromatic heterocycles. The number of carbonyl (C=O) groups excluding carboxylic acids is 2. The Kier molecular flexibility index (Phi) is 4.94. The molecule has 2 amide bonds. The van der Waals surface area contributed by atoms with Crippen molar-refractivity contribution in [3.63, 3.8) is 0 Å². The molecule has 24 heavy (non-hydrogen) atoms. The zero-order chi connectivity index (χ0) is 16.9. The van der Waals surface area contributed by atoms with Crippen LogP contribution in [0.25, 0.3) is 0 Å². The van der Waals surface area contributed by atoms with E-state index in [1.165, 1.54) is 0 Å². The summed E-state index contributed by atoms with van der Waals surface area (Å²) >= 11 is 0. The number of benzene rings is 2. The predicted molar refractivity (Wildman–Crippen MR) is 93.4 cm³/mol. The Balaban J connectivity index is 1.61. The van der Waals surface area contributed by atoms with Crippen molar-refractivity contribution in [2.75, 3.05) is 6.54 Å². The number of nitrogens with zero attached hydrogens (tertiary/aromatic N) is 1. The molecular formula is C20H22N2O2. The highest BCUT2D eigenvalue weighted by atomic mass is 16.2. The molecule has 0 aliphatic carbocycles. The molecular weight excluding hydrogens is 300 g/mol. The molecule has 0 radical (unpaired) electrons. The highest BCUT2D eigenvalue weighted by molar-refractivity contribution is 5.95. The van der Waals surface area contributed by atoms with Gasteiger partial charge >= 0.3 is 0 Å². The van der Waals surface area contributed by atoms with Gasteiger partial charge in [0.1, 0.15) is 0 Å². The van der Waals surface area contributed by atoms with Gasteiger partial charge < -0.3 is 10.2 Å². The second kappa shape index (κ2) is 7.30. The van der Waals surface area contributed by atoms with Crippen molar-refractivity contribution in [2.24, 2.45) is 0 Å². The fourth-order valence-corrected chi connectivity index (χ4v) is 3.03. The molecule has 2 aromatic rings. The van der Waals surface area contributed by atoms with Gasteiger partial charge in [-0.1, -0.05) is 42.5 Å². The van der Waals surface area contributed by atoms with Crippen LogP contribution in [-0.4, -0.2) is 23.3 Å². The van der Waals surface area contributed by atoms with Crippen LogP contribution in [0.5, 0.6) is 0 Å². The molecule has 0 bridgehead atoms. The maximum Gasteiger partial charge on any atom is 0.251 e. The van der Waals surface area contributed by atoms with Gasteiger partial charge in [-0.05, 0) is 36.1 Å². The zero-order valence-corrected chi connectivity index (χ0v) is 13.9. The summed E-state index contributed by atoms with van der Waals surface area (Å²) in [6.07, 6.45) is 1.61. The normalized spacial score (nSPS) is 14.0. The van der Waals surface area contributed by atoms with E-state index >= 15 is 0 Å². The Morgan fingerprint density at radius 3 is 2.67 bits per heavy atom. The molecule has 1 fully saturated rings. The van der Waals surface area contributed by atoms with E-state index in [9.17, 15) is 9.59 Å². The summed E-state index contributed by atoms with van der Waals surface area (Å²) in [6.45, 7) is 3.91. The van der Waals surface area contributed by atoms with Crippen molar-refractivity contribution >= 4 is 11.8 Å². The number of aryl methyl sites for hydroxylation is 1. The van der Waals surface area contributed by atoms with Crippen LogP contribution in [0.15, 0.2) is 48.5 Å². The van der Waals surface area contributed by atoms with E-state index in [2.05, 4.69) is 11.4 Å². The number of carbonyl (C=O) groups is 2. The molecule has 1 aliphatic heterocycles. The maximum absolute atomic E-state index is 12.3. The summed E-state index contributed by atoms with van der Waals surface area (Å²) < 4.78 is 0. The first-order chi connectivity index (χ1) is 11.6. The summed E-state index contributed by atoms with van der Waals surface area (Å²) in [6, 6.07) is 15.6. The van der Waals surface area contributed by atoms with Crippen LogP contribution in [-0.2, 0) is 17.9 Å². The Labute approximate surface area is 142 Å². The molecule has 1 N–H and O–H groups in total. The standard InChI is InChI=1S/C20H22N2O2/c1-15-6-2-3-9-18(15)20(24)21-13-16-7-4-8-17(12-16)14-22-11-5-10-19(22)23/h2-4,6-9,12H,5,10-11,13-14H2,1H3,(H,21,24). The third-order valence-electron chi connectivity index (χ3n) is 4.38. The first-order valence-corrected chi connectivity index (χ1v) is 8.33. The minimum atomic E-state index is -0.0618. The highest BCUT2D eigenvalue weighted by Gasteiger charge is 2.19. The SMILES string of the molecule is Cc1ccccc1C(=O)NCc1cccc(CN2CCCC2=O)c1. The van der Waals surface area contributed by atoms with Crippen molar-refractivity contribution in [3.05, 3.63) is 70.8 Å². The van der Waals surface area contributed by atoms with Crippen molar-refractivity contribution in [1.29, 1.82) is 0 Å². The number of likely N-dealkylation sites (tertiary alicyclic amines) is 1. The summed E-state index contributed by atoms with van der Waals surface area (Å²) in [4.78, 5) is 25.9. The van der Waals surface area contributed by atoms with E-state index in [4.69, 9.17) is 0 Å². The number of nitrogens with one attached hydrogen (secondary N) is 1. The number of hydrogen-bond acceptors (Lipinski definition) is 2. The first-order valence-electron chi connectivity index (χ1n) is 8.33. The average molecular weight is 322 g/mol. The van der Waals surface area contributed by atoms with Crippen LogP contribution < -0.4 is 5.32 Å². The number of amides is 2. The average Bonchev–Trinajstić information content (AvgIpc) is 2.98. The predicted octanol–water partition coefficient (Wildman–Crippen LogP) is 3.05. The first kappa shape index (κ1) is 16.2. The van der Waals surface area contributed by atoms with Gasteiger partial charge in [0.15, 0.2) is 0 Å². The molecule has 1 heterocycles. The monoisotopic (exact) mass is 322 g/mol. The molecule has 1 saturated heterocycles. The minimum Gasteiger partial charge on any atom is -0.348 e. The van der Waals surface area contributed by atoms with E-state index in [0.29, 0.717) is 25.1 Å². The Bertz CT molecular complexity index is 755. The van der Waals surface area contributed by atoms with Gasteiger partial charge in [-0.25, -0.2) is 0 Å². The highest BCUT2D eigenvalue weighted by Crippen LogP contribution is 2.15. The van der Waals surface area contributed by atoms with Gasteiger partial charge in [0.2, 0.25) is 5.91 Å². The Morgan fingerprint density at radius 2 is 1.92 bits per heavy atom.